The second-order valence-corrected chi connectivity index (χ2v) is 5.86. The van der Waals surface area contributed by atoms with E-state index in [-0.39, 0.29) is 18.7 Å². The molecule has 126 valence electrons. The molecule has 7 heteroatoms. The van der Waals surface area contributed by atoms with Crippen LogP contribution in [0.1, 0.15) is 26.3 Å². The maximum atomic E-state index is 11.2. The van der Waals surface area contributed by atoms with E-state index in [4.69, 9.17) is 4.74 Å². The molecule has 7 nitrogen and oxygen atoms in total. The molecule has 1 aromatic rings. The van der Waals surface area contributed by atoms with Crippen LogP contribution in [0.15, 0.2) is 29.4 Å². The van der Waals surface area contributed by atoms with E-state index in [1.54, 1.807) is 0 Å². The fourth-order valence-electron chi connectivity index (χ4n) is 2.16. The third kappa shape index (κ3) is 5.22. The number of ether oxygens (including phenoxy) is 1. The Hall–Kier alpha value is -2.12. The maximum absolute atomic E-state index is 11.2. The Labute approximate surface area is 136 Å². The van der Waals surface area contributed by atoms with Gasteiger partial charge in [-0.25, -0.2) is 10.2 Å². The monoisotopic (exact) mass is 320 g/mol. The van der Waals surface area contributed by atoms with Gasteiger partial charge >= 0.3 is 6.03 Å². The molecule has 2 rings (SSSR count). The van der Waals surface area contributed by atoms with Crippen molar-refractivity contribution in [2.45, 2.75) is 39.0 Å². The van der Waals surface area contributed by atoms with Crippen molar-refractivity contribution in [1.82, 2.24) is 16.1 Å². The summed E-state index contributed by atoms with van der Waals surface area (Å²) >= 11 is 0. The third-order valence-corrected chi connectivity index (χ3v) is 3.39. The molecular weight excluding hydrogens is 296 g/mol. The molecule has 0 bridgehead atoms. The Bertz CT molecular complexity index is 557. The van der Waals surface area contributed by atoms with Gasteiger partial charge in [0.1, 0.15) is 18.5 Å². The van der Waals surface area contributed by atoms with Crippen molar-refractivity contribution in [3.63, 3.8) is 0 Å². The predicted molar refractivity (Wildman–Crippen MR) is 88.7 cm³/mol. The SMILES string of the molecule is CC(C)NCC(O)COc1ccc(C2=NNC(=O)NC2C)cc1. The van der Waals surface area contributed by atoms with Crippen LogP contribution >= 0.6 is 0 Å². The fourth-order valence-corrected chi connectivity index (χ4v) is 2.16. The minimum Gasteiger partial charge on any atom is -0.491 e. The van der Waals surface area contributed by atoms with Crippen LogP contribution in [0.25, 0.3) is 0 Å². The third-order valence-electron chi connectivity index (χ3n) is 3.39. The lowest BCUT2D eigenvalue weighted by Gasteiger charge is -2.21. The molecule has 0 radical (unpaired) electrons. The van der Waals surface area contributed by atoms with Crippen molar-refractivity contribution >= 4 is 11.7 Å². The quantitative estimate of drug-likeness (QED) is 0.598. The van der Waals surface area contributed by atoms with Gasteiger partial charge in [-0.2, -0.15) is 5.10 Å². The van der Waals surface area contributed by atoms with E-state index in [1.165, 1.54) is 0 Å². The molecule has 0 spiro atoms. The topological polar surface area (TPSA) is 95.0 Å². The summed E-state index contributed by atoms with van der Waals surface area (Å²) < 4.78 is 5.57. The van der Waals surface area contributed by atoms with E-state index < -0.39 is 6.10 Å². The lowest BCUT2D eigenvalue weighted by molar-refractivity contribution is 0.104. The number of carbonyl (C=O) groups excluding carboxylic acids is 1. The smallest absolute Gasteiger partial charge is 0.335 e. The van der Waals surface area contributed by atoms with E-state index in [9.17, 15) is 9.90 Å². The van der Waals surface area contributed by atoms with E-state index >= 15 is 0 Å². The van der Waals surface area contributed by atoms with E-state index in [0.29, 0.717) is 18.3 Å². The largest absolute Gasteiger partial charge is 0.491 e. The van der Waals surface area contributed by atoms with Gasteiger partial charge in [-0.05, 0) is 31.2 Å². The average molecular weight is 320 g/mol. The zero-order valence-corrected chi connectivity index (χ0v) is 13.7. The molecule has 1 aliphatic rings. The highest BCUT2D eigenvalue weighted by Gasteiger charge is 2.20. The van der Waals surface area contributed by atoms with Crippen LogP contribution in [0.5, 0.6) is 5.75 Å². The van der Waals surface area contributed by atoms with Gasteiger partial charge < -0.3 is 20.5 Å². The zero-order chi connectivity index (χ0) is 16.8. The fraction of sp³-hybridized carbons (Fsp3) is 0.500. The van der Waals surface area contributed by atoms with Crippen LogP contribution in [-0.4, -0.2) is 48.2 Å². The van der Waals surface area contributed by atoms with E-state index in [2.05, 4.69) is 21.2 Å². The highest BCUT2D eigenvalue weighted by molar-refractivity contribution is 6.07. The average Bonchev–Trinajstić information content (AvgIpc) is 2.51. The van der Waals surface area contributed by atoms with Crippen LogP contribution in [0.4, 0.5) is 4.79 Å². The van der Waals surface area contributed by atoms with E-state index in [1.807, 2.05) is 45.0 Å². The number of hydrogen-bond donors (Lipinski definition) is 4. The van der Waals surface area contributed by atoms with Crippen LogP contribution in [-0.2, 0) is 0 Å². The summed E-state index contributed by atoms with van der Waals surface area (Å²) in [5, 5.41) is 19.8. The molecular formula is C16H24N4O3. The first kappa shape index (κ1) is 17.2. The molecule has 0 saturated carbocycles. The summed E-state index contributed by atoms with van der Waals surface area (Å²) in [5.74, 6) is 0.679. The van der Waals surface area contributed by atoms with Gasteiger partial charge in [0.15, 0.2) is 0 Å². The van der Waals surface area contributed by atoms with Gasteiger partial charge in [-0.15, -0.1) is 0 Å². The Morgan fingerprint density at radius 1 is 1.35 bits per heavy atom. The predicted octanol–water partition coefficient (Wildman–Crippen LogP) is 0.830. The van der Waals surface area contributed by atoms with Crippen LogP contribution in [0.3, 0.4) is 0 Å². The highest BCUT2D eigenvalue weighted by Crippen LogP contribution is 2.15. The minimum absolute atomic E-state index is 0.153. The molecule has 0 aliphatic carbocycles. The summed E-state index contributed by atoms with van der Waals surface area (Å²) in [7, 11) is 0. The molecule has 0 aromatic heterocycles. The van der Waals surface area contributed by atoms with Crippen LogP contribution < -0.4 is 20.8 Å². The van der Waals surface area contributed by atoms with Gasteiger partial charge in [0.05, 0.1) is 11.8 Å². The number of amides is 2. The maximum Gasteiger partial charge on any atom is 0.335 e. The number of urea groups is 1. The highest BCUT2D eigenvalue weighted by atomic mass is 16.5. The summed E-state index contributed by atoms with van der Waals surface area (Å²) in [6.45, 7) is 6.65. The second kappa shape index (κ2) is 7.94. The molecule has 1 heterocycles. The first-order valence-electron chi connectivity index (χ1n) is 7.74. The number of hydrogen-bond acceptors (Lipinski definition) is 5. The number of benzene rings is 1. The number of aliphatic hydroxyl groups is 1. The van der Waals surface area contributed by atoms with Gasteiger partial charge in [0, 0.05) is 18.2 Å². The second-order valence-electron chi connectivity index (χ2n) is 5.86. The van der Waals surface area contributed by atoms with Gasteiger partial charge in [0.2, 0.25) is 0 Å². The first-order chi connectivity index (χ1) is 11.0. The van der Waals surface area contributed by atoms with Crippen molar-refractivity contribution in [1.29, 1.82) is 0 Å². The standard InChI is InChI=1S/C16H24N4O3/c1-10(2)17-8-13(21)9-23-14-6-4-12(5-7-14)15-11(3)18-16(22)20-19-15/h4-7,10-11,13,17,21H,8-9H2,1-3H3,(H2,18,20,22). The number of nitrogens with one attached hydrogen (secondary N) is 3. The van der Waals surface area contributed by atoms with Gasteiger partial charge in [-0.1, -0.05) is 13.8 Å². The number of rotatable bonds is 7. The van der Waals surface area contributed by atoms with Gasteiger partial charge in [0.25, 0.3) is 0 Å². The van der Waals surface area contributed by atoms with Gasteiger partial charge in [-0.3, -0.25) is 0 Å². The minimum atomic E-state index is -0.556. The van der Waals surface area contributed by atoms with Crippen molar-refractivity contribution < 1.29 is 14.6 Å². The molecule has 4 N–H and O–H groups in total. The molecule has 1 aliphatic heterocycles. The molecule has 0 saturated heterocycles. The Balaban J connectivity index is 1.88. The van der Waals surface area contributed by atoms with Crippen molar-refractivity contribution in [3.8, 4) is 5.75 Å². The van der Waals surface area contributed by atoms with Crippen LogP contribution in [0.2, 0.25) is 0 Å². The number of nitrogens with zero attached hydrogens (tertiary/aromatic N) is 1. The Morgan fingerprint density at radius 2 is 2.04 bits per heavy atom. The number of aliphatic hydroxyl groups excluding tert-OH is 1. The molecule has 2 atom stereocenters. The zero-order valence-electron chi connectivity index (χ0n) is 13.7. The van der Waals surface area contributed by atoms with Crippen molar-refractivity contribution in [2.75, 3.05) is 13.2 Å². The molecule has 1 aromatic carbocycles. The molecule has 2 unspecified atom stereocenters. The van der Waals surface area contributed by atoms with Crippen molar-refractivity contribution in [3.05, 3.63) is 29.8 Å². The molecule has 0 fully saturated rings. The Kier molecular flexibility index (Phi) is 5.95. The summed E-state index contributed by atoms with van der Waals surface area (Å²) in [5.41, 5.74) is 4.07. The number of hydrazone groups is 1. The molecule has 23 heavy (non-hydrogen) atoms. The lowest BCUT2D eigenvalue weighted by atomic mass is 10.0. The summed E-state index contributed by atoms with van der Waals surface area (Å²) in [6, 6.07) is 7.28. The summed E-state index contributed by atoms with van der Waals surface area (Å²) in [4.78, 5) is 11.2. The number of carbonyl (C=O) groups is 1. The lowest BCUT2D eigenvalue weighted by Crippen LogP contribution is -2.48. The van der Waals surface area contributed by atoms with Crippen molar-refractivity contribution in [2.24, 2.45) is 5.10 Å². The first-order valence-corrected chi connectivity index (χ1v) is 7.74. The normalized spacial score (nSPS) is 18.9. The molecule has 2 amide bonds. The summed E-state index contributed by atoms with van der Waals surface area (Å²) in [6.07, 6.45) is -0.556. The Morgan fingerprint density at radius 3 is 2.65 bits per heavy atom. The van der Waals surface area contributed by atoms with E-state index in [0.717, 1.165) is 11.3 Å². The van der Waals surface area contributed by atoms with Crippen LogP contribution in [0, 0.1) is 0 Å².